The first-order chi connectivity index (χ1) is 15.2. The number of rotatable bonds is 6. The fourth-order valence-corrected chi connectivity index (χ4v) is 6.56. The van der Waals surface area contributed by atoms with Crippen molar-refractivity contribution in [3.63, 3.8) is 0 Å². The fraction of sp³-hybridized carbons (Fsp3) is 0.381. The Morgan fingerprint density at radius 2 is 1.42 bits per heavy atom. The van der Waals surface area contributed by atoms with E-state index in [0.717, 1.165) is 15.8 Å². The maximum atomic E-state index is 14.8. The van der Waals surface area contributed by atoms with Crippen LogP contribution in [-0.2, 0) is 14.0 Å². The second kappa shape index (κ2) is 10.7. The number of benzene rings is 2. The van der Waals surface area contributed by atoms with Crippen LogP contribution in [0.2, 0.25) is 0 Å². The van der Waals surface area contributed by atoms with E-state index in [1.54, 1.807) is 0 Å². The molecule has 166 valence electrons. The van der Waals surface area contributed by atoms with Crippen LogP contribution < -0.4 is 10.9 Å². The molecule has 10 heteroatoms. The molecule has 2 N–H and O–H groups in total. The lowest BCUT2D eigenvalue weighted by Crippen LogP contribution is -2.48. The number of hydrogen-bond donors (Lipinski definition) is 2. The number of anilines is 1. The van der Waals surface area contributed by atoms with E-state index in [4.69, 9.17) is 14.5 Å². The number of aliphatic imine (C=N–C) groups is 1. The largest absolute Gasteiger partial charge is 0.379 e. The van der Waals surface area contributed by atoms with E-state index >= 15 is 0 Å². The van der Waals surface area contributed by atoms with Crippen LogP contribution in [0.1, 0.15) is 0 Å². The van der Waals surface area contributed by atoms with Crippen LogP contribution in [0.15, 0.2) is 64.1 Å². The van der Waals surface area contributed by atoms with Crippen LogP contribution >= 0.6 is 23.4 Å². The summed E-state index contributed by atoms with van der Waals surface area (Å²) in [5.74, 6) is 0. The number of nitrogens with zero attached hydrogens (tertiary/aromatic N) is 3. The number of amidine groups is 1. The molecule has 0 aromatic heterocycles. The molecule has 8 nitrogen and oxygen atoms in total. The molecule has 0 bridgehead atoms. The summed E-state index contributed by atoms with van der Waals surface area (Å²) in [5, 5.41) is 0. The molecule has 31 heavy (non-hydrogen) atoms. The topological polar surface area (TPSA) is 78.4 Å². The summed E-state index contributed by atoms with van der Waals surface area (Å²) >= 11 is 3.45. The minimum Gasteiger partial charge on any atom is -0.379 e. The van der Waals surface area contributed by atoms with Gasteiger partial charge in [-0.2, -0.15) is 0 Å². The number of morpholine rings is 2. The van der Waals surface area contributed by atoms with Crippen LogP contribution in [-0.4, -0.2) is 67.5 Å². The third-order valence-corrected chi connectivity index (χ3v) is 8.80. The Morgan fingerprint density at radius 1 is 0.871 bits per heavy atom. The van der Waals surface area contributed by atoms with E-state index in [0.29, 0.717) is 58.2 Å². The molecule has 4 rings (SSSR count). The molecule has 0 radical (unpaired) electrons. The van der Waals surface area contributed by atoms with Crippen molar-refractivity contribution in [1.29, 1.82) is 0 Å². The number of hydrogen-bond acceptors (Lipinski definition) is 5. The van der Waals surface area contributed by atoms with E-state index < -0.39 is 7.44 Å². The minimum absolute atomic E-state index is 0.408. The van der Waals surface area contributed by atoms with Gasteiger partial charge in [-0.25, -0.2) is 14.3 Å². The molecule has 0 spiro atoms. The van der Waals surface area contributed by atoms with Crippen LogP contribution in [0.3, 0.4) is 0 Å². The first-order valence-electron chi connectivity index (χ1n) is 10.3. The zero-order valence-electron chi connectivity index (χ0n) is 17.2. The summed E-state index contributed by atoms with van der Waals surface area (Å²) in [5.41, 5.74) is 8.38. The average molecular weight is 508 g/mol. The summed E-state index contributed by atoms with van der Waals surface area (Å²) < 4.78 is 30.9. The second-order valence-corrected chi connectivity index (χ2v) is 10.8. The number of para-hydroxylation sites is 1. The van der Waals surface area contributed by atoms with Crippen molar-refractivity contribution in [2.75, 3.05) is 58.0 Å². The van der Waals surface area contributed by atoms with Gasteiger partial charge < -0.3 is 9.47 Å². The van der Waals surface area contributed by atoms with Gasteiger partial charge in [-0.1, -0.05) is 34.1 Å². The predicted molar refractivity (Wildman–Crippen MR) is 127 cm³/mol. The van der Waals surface area contributed by atoms with Crippen molar-refractivity contribution < 1.29 is 14.0 Å². The lowest BCUT2D eigenvalue weighted by molar-refractivity contribution is 0.0541. The van der Waals surface area contributed by atoms with Crippen molar-refractivity contribution in [2.45, 2.75) is 0 Å². The summed E-state index contributed by atoms with van der Waals surface area (Å²) in [4.78, 5) is 4.82. The predicted octanol–water partition coefficient (Wildman–Crippen LogP) is 3.91. The van der Waals surface area contributed by atoms with E-state index in [-0.39, 0.29) is 0 Å². The Bertz CT molecular complexity index is 894. The molecule has 2 saturated heterocycles. The van der Waals surface area contributed by atoms with E-state index in [1.807, 2.05) is 63.9 Å². The minimum atomic E-state index is -3.22. The maximum Gasteiger partial charge on any atom is 0.281 e. The Kier molecular flexibility index (Phi) is 7.76. The average Bonchev–Trinajstić information content (AvgIpc) is 2.84. The zero-order chi connectivity index (χ0) is 21.5. The standard InChI is InChI=1S/C21H27BrN5O3P/c22-18-6-8-20(9-7-18)24-25-21(23-19-4-2-1-3-5-19)31(28,26-10-14-29-15-11-26)27-12-16-30-17-13-27/h1-9,24H,10-17H2,(H,23,25). The van der Waals surface area contributed by atoms with Gasteiger partial charge in [-0.05, 0) is 36.4 Å². The van der Waals surface area contributed by atoms with E-state index in [9.17, 15) is 4.57 Å². The summed E-state index contributed by atoms with van der Waals surface area (Å²) in [6, 6.07) is 17.4. The molecular formula is C21H27BrN5O3P. The number of nitrogens with one attached hydrogen (secondary N) is 2. The first-order valence-corrected chi connectivity index (χ1v) is 12.7. The van der Waals surface area contributed by atoms with Crippen LogP contribution in [0.25, 0.3) is 0 Å². The summed E-state index contributed by atoms with van der Waals surface area (Å²) in [7, 11) is -3.22. The monoisotopic (exact) mass is 507 g/mol. The van der Waals surface area contributed by atoms with Crippen LogP contribution in [0.4, 0.5) is 11.4 Å². The highest BCUT2D eigenvalue weighted by atomic mass is 79.9. The highest BCUT2D eigenvalue weighted by molar-refractivity contribution is 9.10. The Labute approximate surface area is 191 Å². The van der Waals surface area contributed by atoms with Gasteiger partial charge in [0.1, 0.15) is 0 Å². The van der Waals surface area contributed by atoms with Crippen molar-refractivity contribution in [2.24, 2.45) is 4.99 Å². The molecular weight excluding hydrogens is 481 g/mol. The van der Waals surface area contributed by atoms with Gasteiger partial charge in [0.05, 0.1) is 37.8 Å². The number of ether oxygens (including phenoxy) is 2. The molecule has 0 amide bonds. The highest BCUT2D eigenvalue weighted by Crippen LogP contribution is 2.54. The number of hydrazine groups is 1. The highest BCUT2D eigenvalue weighted by Gasteiger charge is 2.44. The Balaban J connectivity index is 1.70. The number of halogens is 1. The normalized spacial score (nSPS) is 19.2. The molecule has 2 heterocycles. The van der Waals surface area contributed by atoms with Gasteiger partial charge in [0, 0.05) is 30.7 Å². The second-order valence-electron chi connectivity index (χ2n) is 7.20. The van der Waals surface area contributed by atoms with Gasteiger partial charge in [0.15, 0.2) is 0 Å². The fourth-order valence-electron chi connectivity index (χ4n) is 3.55. The van der Waals surface area contributed by atoms with Gasteiger partial charge >= 0.3 is 0 Å². The molecule has 2 fully saturated rings. The molecule has 0 unspecified atom stereocenters. The van der Waals surface area contributed by atoms with Crippen molar-refractivity contribution in [3.05, 3.63) is 59.1 Å². The SMILES string of the molecule is O=P(C(=Nc1ccccc1)NNc1ccc(Br)cc1)(N1CCOCC1)N1CCOCC1. The molecule has 0 saturated carbocycles. The quantitative estimate of drug-likeness (QED) is 0.265. The van der Waals surface area contributed by atoms with Gasteiger partial charge in [-0.3, -0.25) is 15.4 Å². The molecule has 2 aliphatic rings. The molecule has 2 aromatic rings. The third kappa shape index (κ3) is 5.55. The van der Waals surface area contributed by atoms with E-state index in [1.165, 1.54) is 0 Å². The molecule has 2 aromatic carbocycles. The molecule has 2 aliphatic heterocycles. The van der Waals surface area contributed by atoms with Crippen molar-refractivity contribution >= 4 is 40.3 Å². The van der Waals surface area contributed by atoms with Gasteiger partial charge in [-0.15, -0.1) is 0 Å². The van der Waals surface area contributed by atoms with E-state index in [2.05, 4.69) is 26.8 Å². The lowest BCUT2D eigenvalue weighted by atomic mass is 10.3. The van der Waals surface area contributed by atoms with Gasteiger partial charge in [0.25, 0.3) is 7.44 Å². The Morgan fingerprint density at radius 3 is 1.97 bits per heavy atom. The third-order valence-electron chi connectivity index (χ3n) is 5.17. The molecule has 0 aliphatic carbocycles. The maximum absolute atomic E-state index is 14.8. The first kappa shape index (κ1) is 22.5. The summed E-state index contributed by atoms with van der Waals surface area (Å²) in [6.45, 7) is 4.54. The van der Waals surface area contributed by atoms with Crippen molar-refractivity contribution in [3.8, 4) is 0 Å². The van der Waals surface area contributed by atoms with Crippen molar-refractivity contribution in [1.82, 2.24) is 14.8 Å². The van der Waals surface area contributed by atoms with Crippen LogP contribution in [0.5, 0.6) is 0 Å². The lowest BCUT2D eigenvalue weighted by Gasteiger charge is -2.42. The van der Waals surface area contributed by atoms with Crippen LogP contribution in [0, 0.1) is 0 Å². The summed E-state index contributed by atoms with van der Waals surface area (Å²) in [6.07, 6.45) is 0. The smallest absolute Gasteiger partial charge is 0.281 e. The molecule has 0 atom stereocenters. The van der Waals surface area contributed by atoms with Gasteiger partial charge in [0.2, 0.25) is 5.58 Å². The Hall–Kier alpha value is -1.74. The zero-order valence-corrected chi connectivity index (χ0v) is 19.7.